The summed E-state index contributed by atoms with van der Waals surface area (Å²) in [5, 5.41) is 22.9. The van der Waals surface area contributed by atoms with Crippen LogP contribution in [0.15, 0.2) is 24.3 Å². The van der Waals surface area contributed by atoms with Crippen molar-refractivity contribution in [2.45, 2.75) is 37.8 Å². The molecule has 1 aliphatic carbocycles. The van der Waals surface area contributed by atoms with Crippen molar-refractivity contribution in [3.05, 3.63) is 34.4 Å². The van der Waals surface area contributed by atoms with Crippen LogP contribution in [0, 0.1) is 10.1 Å². The minimum absolute atomic E-state index is 0.0699. The second-order valence-electron chi connectivity index (χ2n) is 5.21. The van der Waals surface area contributed by atoms with Crippen molar-refractivity contribution in [3.63, 3.8) is 0 Å². The number of nitrogens with zero attached hydrogens (tertiary/aromatic N) is 1. The molecule has 0 spiro atoms. The maximum atomic E-state index is 10.8. The van der Waals surface area contributed by atoms with Gasteiger partial charge in [0, 0.05) is 6.07 Å². The molecule has 1 aromatic carbocycles. The number of aliphatic hydroxyl groups is 1. The average Bonchev–Trinajstić information content (AvgIpc) is 2.96. The first-order valence-corrected chi connectivity index (χ1v) is 7.04. The highest BCUT2D eigenvalue weighted by Crippen LogP contribution is 2.25. The van der Waals surface area contributed by atoms with Gasteiger partial charge in [0.2, 0.25) is 0 Å². The number of hydrogen-bond acceptors (Lipinski definition) is 4. The van der Waals surface area contributed by atoms with Gasteiger partial charge in [0.25, 0.3) is 0 Å². The number of aliphatic hydroxyl groups excluding tert-OH is 1. The SMILES string of the molecule is O=[N+]([O-])c1ccccc1OC[C@@H](O)C[NH2+]C1CCCC1. The van der Waals surface area contributed by atoms with Crippen LogP contribution in [0.5, 0.6) is 5.75 Å². The average molecular weight is 281 g/mol. The molecule has 1 aromatic rings. The Balaban J connectivity index is 1.77. The Labute approximate surface area is 117 Å². The first kappa shape index (κ1) is 14.7. The molecule has 110 valence electrons. The van der Waals surface area contributed by atoms with Gasteiger partial charge in [-0.1, -0.05) is 12.1 Å². The van der Waals surface area contributed by atoms with Crippen molar-refractivity contribution in [1.82, 2.24) is 0 Å². The number of benzene rings is 1. The van der Waals surface area contributed by atoms with E-state index in [1.807, 2.05) is 0 Å². The molecule has 0 amide bonds. The van der Waals surface area contributed by atoms with E-state index in [9.17, 15) is 15.2 Å². The quantitative estimate of drug-likeness (QED) is 0.572. The smallest absolute Gasteiger partial charge is 0.310 e. The van der Waals surface area contributed by atoms with Gasteiger partial charge in [-0.25, -0.2) is 0 Å². The fraction of sp³-hybridized carbons (Fsp3) is 0.571. The van der Waals surface area contributed by atoms with Crippen LogP contribution in [-0.2, 0) is 0 Å². The van der Waals surface area contributed by atoms with Gasteiger partial charge in [-0.15, -0.1) is 0 Å². The highest BCUT2D eigenvalue weighted by Gasteiger charge is 2.20. The van der Waals surface area contributed by atoms with Gasteiger partial charge in [0.15, 0.2) is 5.75 Å². The van der Waals surface area contributed by atoms with Gasteiger partial charge in [0.1, 0.15) is 19.3 Å². The molecule has 1 atom stereocenters. The van der Waals surface area contributed by atoms with Crippen molar-refractivity contribution < 1.29 is 20.1 Å². The number of nitro benzene ring substituents is 1. The normalized spacial score (nSPS) is 17.1. The van der Waals surface area contributed by atoms with Gasteiger partial charge in [-0.2, -0.15) is 0 Å². The lowest BCUT2D eigenvalue weighted by Crippen LogP contribution is -2.91. The summed E-state index contributed by atoms with van der Waals surface area (Å²) in [5.41, 5.74) is -0.0699. The Bertz CT molecular complexity index is 447. The number of quaternary nitrogens is 1. The lowest BCUT2D eigenvalue weighted by Gasteiger charge is -2.14. The van der Waals surface area contributed by atoms with Crippen molar-refractivity contribution in [1.29, 1.82) is 0 Å². The number of ether oxygens (including phenoxy) is 1. The summed E-state index contributed by atoms with van der Waals surface area (Å²) in [6.45, 7) is 0.652. The summed E-state index contributed by atoms with van der Waals surface area (Å²) in [6, 6.07) is 6.82. The lowest BCUT2D eigenvalue weighted by atomic mass is 10.2. The molecule has 0 bridgehead atoms. The zero-order chi connectivity index (χ0) is 14.4. The minimum atomic E-state index is -0.615. The van der Waals surface area contributed by atoms with Crippen LogP contribution < -0.4 is 10.1 Å². The number of rotatable bonds is 7. The third-order valence-electron chi connectivity index (χ3n) is 3.63. The molecule has 6 heteroatoms. The fourth-order valence-corrected chi connectivity index (χ4v) is 2.53. The molecule has 3 N–H and O–H groups in total. The molecule has 20 heavy (non-hydrogen) atoms. The monoisotopic (exact) mass is 281 g/mol. The molecular weight excluding hydrogens is 260 g/mol. The zero-order valence-corrected chi connectivity index (χ0v) is 11.4. The lowest BCUT2D eigenvalue weighted by molar-refractivity contribution is -0.693. The summed E-state index contributed by atoms with van der Waals surface area (Å²) >= 11 is 0. The second-order valence-corrected chi connectivity index (χ2v) is 5.21. The van der Waals surface area contributed by atoms with E-state index in [0.29, 0.717) is 12.6 Å². The Morgan fingerprint density at radius 1 is 1.40 bits per heavy atom. The Morgan fingerprint density at radius 3 is 2.80 bits per heavy atom. The largest absolute Gasteiger partial charge is 0.484 e. The summed E-state index contributed by atoms with van der Waals surface area (Å²) in [7, 11) is 0. The van der Waals surface area contributed by atoms with Crippen LogP contribution in [0.25, 0.3) is 0 Å². The van der Waals surface area contributed by atoms with E-state index in [2.05, 4.69) is 5.32 Å². The molecule has 0 aliphatic heterocycles. The van der Waals surface area contributed by atoms with E-state index in [1.165, 1.54) is 31.7 Å². The topological polar surface area (TPSA) is 89.2 Å². The third kappa shape index (κ3) is 4.18. The van der Waals surface area contributed by atoms with Crippen molar-refractivity contribution in [2.24, 2.45) is 0 Å². The van der Waals surface area contributed by atoms with Crippen molar-refractivity contribution >= 4 is 5.69 Å². The summed E-state index contributed by atoms with van der Waals surface area (Å²) in [4.78, 5) is 10.3. The molecule has 0 radical (unpaired) electrons. The molecule has 0 saturated heterocycles. The van der Waals surface area contributed by atoms with Crippen LogP contribution in [0.2, 0.25) is 0 Å². The Morgan fingerprint density at radius 2 is 2.10 bits per heavy atom. The first-order valence-electron chi connectivity index (χ1n) is 7.04. The minimum Gasteiger partial charge on any atom is -0.484 e. The van der Waals surface area contributed by atoms with E-state index in [1.54, 1.807) is 18.2 Å². The number of nitro groups is 1. The van der Waals surface area contributed by atoms with Crippen molar-refractivity contribution in [2.75, 3.05) is 13.2 Å². The molecule has 1 fully saturated rings. The van der Waals surface area contributed by atoms with Crippen LogP contribution in [0.3, 0.4) is 0 Å². The number of para-hydroxylation sites is 2. The van der Waals surface area contributed by atoms with Gasteiger partial charge >= 0.3 is 5.69 Å². The molecular formula is C14H21N2O4+. The van der Waals surface area contributed by atoms with Crippen LogP contribution in [0.1, 0.15) is 25.7 Å². The van der Waals surface area contributed by atoms with Gasteiger partial charge in [-0.05, 0) is 31.7 Å². The maximum Gasteiger partial charge on any atom is 0.310 e. The van der Waals surface area contributed by atoms with Crippen LogP contribution in [0.4, 0.5) is 5.69 Å². The predicted molar refractivity (Wildman–Crippen MR) is 73.6 cm³/mol. The Hall–Kier alpha value is -1.66. The molecule has 0 aromatic heterocycles. The predicted octanol–water partition coefficient (Wildman–Crippen LogP) is 0.840. The zero-order valence-electron chi connectivity index (χ0n) is 11.4. The van der Waals surface area contributed by atoms with E-state index >= 15 is 0 Å². The molecule has 0 unspecified atom stereocenters. The van der Waals surface area contributed by atoms with Crippen LogP contribution >= 0.6 is 0 Å². The molecule has 1 saturated carbocycles. The standard InChI is InChI=1S/C14H20N2O4/c17-12(9-15-11-5-1-2-6-11)10-20-14-8-4-3-7-13(14)16(18)19/h3-4,7-8,11-12,15,17H,1-2,5-6,9-10H2/p+1/t12-/m0/s1. The highest BCUT2D eigenvalue weighted by molar-refractivity contribution is 5.45. The van der Waals surface area contributed by atoms with E-state index in [4.69, 9.17) is 4.74 Å². The number of nitrogens with two attached hydrogens (primary N) is 1. The van der Waals surface area contributed by atoms with E-state index in [-0.39, 0.29) is 18.0 Å². The first-order chi connectivity index (χ1) is 9.66. The second kappa shape index (κ2) is 7.21. The summed E-state index contributed by atoms with van der Waals surface area (Å²) < 4.78 is 5.36. The Kier molecular flexibility index (Phi) is 5.31. The van der Waals surface area contributed by atoms with Gasteiger partial charge in [0.05, 0.1) is 11.0 Å². The van der Waals surface area contributed by atoms with Gasteiger partial charge in [-0.3, -0.25) is 10.1 Å². The van der Waals surface area contributed by atoms with E-state index < -0.39 is 11.0 Å². The molecule has 2 rings (SSSR count). The fourth-order valence-electron chi connectivity index (χ4n) is 2.53. The van der Waals surface area contributed by atoms with Gasteiger partial charge < -0.3 is 15.2 Å². The highest BCUT2D eigenvalue weighted by atomic mass is 16.6. The molecule has 0 heterocycles. The molecule has 1 aliphatic rings. The van der Waals surface area contributed by atoms with Crippen LogP contribution in [-0.4, -0.2) is 35.3 Å². The third-order valence-corrected chi connectivity index (χ3v) is 3.63. The maximum absolute atomic E-state index is 10.8. The molecule has 6 nitrogen and oxygen atoms in total. The number of hydrogen-bond donors (Lipinski definition) is 2. The van der Waals surface area contributed by atoms with E-state index in [0.717, 1.165) is 0 Å². The summed E-state index contributed by atoms with van der Waals surface area (Å²) in [6.07, 6.45) is 4.33. The van der Waals surface area contributed by atoms with Crippen molar-refractivity contribution in [3.8, 4) is 5.75 Å². The summed E-state index contributed by atoms with van der Waals surface area (Å²) in [5.74, 6) is 0.206.